The number of hydrogen-bond acceptors (Lipinski definition) is 6. The lowest BCUT2D eigenvalue weighted by atomic mass is 9.87. The van der Waals surface area contributed by atoms with Gasteiger partial charge in [-0.2, -0.15) is 5.10 Å². The first-order chi connectivity index (χ1) is 17.7. The van der Waals surface area contributed by atoms with Gasteiger partial charge in [0, 0.05) is 26.6 Å². The summed E-state index contributed by atoms with van der Waals surface area (Å²) in [5, 5.41) is 8.11. The lowest BCUT2D eigenvalue weighted by Crippen LogP contribution is -2.56. The van der Waals surface area contributed by atoms with Gasteiger partial charge in [-0.3, -0.25) is 0 Å². The largest absolute Gasteiger partial charge is 0.493 e. The van der Waals surface area contributed by atoms with E-state index in [9.17, 15) is 0 Å². The number of hydrogen-bond donors (Lipinski definition) is 0. The molecule has 0 amide bonds. The molecule has 0 fully saturated rings. The van der Waals surface area contributed by atoms with Crippen molar-refractivity contribution in [3.05, 3.63) is 119 Å². The Hall–Kier alpha value is -3.61. The highest BCUT2D eigenvalue weighted by Gasteiger charge is 2.56. The molecule has 0 aromatic heterocycles. The molecule has 180 valence electrons. The molecule has 0 saturated carbocycles. The summed E-state index contributed by atoms with van der Waals surface area (Å²) in [4.78, 5) is 3.49. The van der Waals surface area contributed by atoms with Crippen molar-refractivity contribution in [1.82, 2.24) is 4.90 Å². The molecule has 0 spiro atoms. The summed E-state index contributed by atoms with van der Waals surface area (Å²) in [7, 11) is 3.34. The van der Waals surface area contributed by atoms with Crippen LogP contribution >= 0.6 is 23.4 Å². The maximum absolute atomic E-state index is 6.36. The van der Waals surface area contributed by atoms with Crippen LogP contribution < -0.4 is 14.5 Å². The topological polar surface area (TPSA) is 37.3 Å². The van der Waals surface area contributed by atoms with Crippen LogP contribution in [0.1, 0.15) is 16.7 Å². The van der Waals surface area contributed by atoms with Gasteiger partial charge >= 0.3 is 0 Å². The molecule has 4 aromatic rings. The monoisotopic (exact) mass is 513 g/mol. The molecular formula is C29H24ClN3O2S. The third-order valence-electron chi connectivity index (χ3n) is 6.64. The van der Waals surface area contributed by atoms with E-state index in [0.717, 1.165) is 33.1 Å². The molecule has 0 aliphatic carbocycles. The molecule has 2 heterocycles. The highest BCUT2D eigenvalue weighted by Crippen LogP contribution is 2.55. The molecule has 2 aliphatic heterocycles. The van der Waals surface area contributed by atoms with Gasteiger partial charge in [0.05, 0.1) is 25.8 Å². The number of benzene rings is 4. The summed E-state index contributed by atoms with van der Waals surface area (Å²) >= 11 is 8.12. The van der Waals surface area contributed by atoms with E-state index in [4.69, 9.17) is 26.2 Å². The smallest absolute Gasteiger partial charge is 0.189 e. The molecule has 0 bridgehead atoms. The van der Waals surface area contributed by atoms with E-state index in [1.165, 1.54) is 0 Å². The molecule has 1 unspecified atom stereocenters. The van der Waals surface area contributed by atoms with Gasteiger partial charge in [0.15, 0.2) is 23.0 Å². The zero-order valence-corrected chi connectivity index (χ0v) is 21.5. The van der Waals surface area contributed by atoms with E-state index in [0.29, 0.717) is 22.4 Å². The van der Waals surface area contributed by atoms with Crippen LogP contribution in [-0.2, 0) is 5.66 Å². The third kappa shape index (κ3) is 3.44. The minimum Gasteiger partial charge on any atom is -0.493 e. The number of halogens is 1. The molecule has 0 N–H and O–H groups in total. The van der Waals surface area contributed by atoms with Gasteiger partial charge in [0.2, 0.25) is 0 Å². The van der Waals surface area contributed by atoms with E-state index >= 15 is 0 Å². The number of nitrogens with zero attached hydrogens (tertiary/aromatic N) is 3. The molecule has 0 saturated heterocycles. The van der Waals surface area contributed by atoms with Crippen molar-refractivity contribution < 1.29 is 9.47 Å². The standard InChI is InChI=1S/C29H24ClN3O2S/c1-34-25-17-24-27(18-26(25)35-2)36-19-32-28(20-9-5-3-6-10-20)31-33(23-11-7-4-8-12-23)29(24,32)21-13-15-22(30)16-14-21/h3-18H,19H2,1-2H3. The second kappa shape index (κ2) is 9.12. The van der Waals surface area contributed by atoms with Crippen LogP contribution in [0.5, 0.6) is 11.5 Å². The third-order valence-corrected chi connectivity index (χ3v) is 7.93. The number of ether oxygens (including phenoxy) is 2. The Kier molecular flexibility index (Phi) is 5.78. The van der Waals surface area contributed by atoms with Crippen LogP contribution in [0.25, 0.3) is 0 Å². The first-order valence-electron chi connectivity index (χ1n) is 11.6. The van der Waals surface area contributed by atoms with Crippen LogP contribution in [0.2, 0.25) is 5.02 Å². The Bertz CT molecular complexity index is 1430. The average molecular weight is 514 g/mol. The molecule has 1 atom stereocenters. The first kappa shape index (κ1) is 22.8. The Labute approximate surface area is 219 Å². The number of para-hydroxylation sites is 1. The Morgan fingerprint density at radius 1 is 0.833 bits per heavy atom. The summed E-state index contributed by atoms with van der Waals surface area (Å²) in [6, 6.07) is 32.8. The van der Waals surface area contributed by atoms with E-state index in [1.54, 1.807) is 26.0 Å². The van der Waals surface area contributed by atoms with Crippen molar-refractivity contribution in [2.75, 3.05) is 25.1 Å². The number of anilines is 1. The van der Waals surface area contributed by atoms with Crippen molar-refractivity contribution in [2.24, 2.45) is 5.10 Å². The number of rotatable bonds is 5. The Morgan fingerprint density at radius 2 is 1.47 bits per heavy atom. The summed E-state index contributed by atoms with van der Waals surface area (Å²) in [5.41, 5.74) is 3.39. The van der Waals surface area contributed by atoms with Gasteiger partial charge in [0.1, 0.15) is 0 Å². The summed E-state index contributed by atoms with van der Waals surface area (Å²) < 4.78 is 11.4. The van der Waals surface area contributed by atoms with Gasteiger partial charge in [-0.1, -0.05) is 72.3 Å². The fraction of sp³-hybridized carbons (Fsp3) is 0.138. The van der Waals surface area contributed by atoms with Gasteiger partial charge in [-0.25, -0.2) is 5.01 Å². The number of fused-ring (bicyclic) bond motifs is 3. The predicted octanol–water partition coefficient (Wildman–Crippen LogP) is 6.81. The van der Waals surface area contributed by atoms with Gasteiger partial charge in [-0.15, -0.1) is 11.8 Å². The average Bonchev–Trinajstić information content (AvgIpc) is 3.30. The predicted molar refractivity (Wildman–Crippen MR) is 146 cm³/mol. The second-order valence-corrected chi connectivity index (χ2v) is 9.94. The number of thioether (sulfide) groups is 1. The van der Waals surface area contributed by atoms with Gasteiger partial charge in [0.25, 0.3) is 0 Å². The molecule has 36 heavy (non-hydrogen) atoms. The normalized spacial score (nSPS) is 18.4. The van der Waals surface area contributed by atoms with Crippen LogP contribution in [0, 0.1) is 0 Å². The summed E-state index contributed by atoms with van der Waals surface area (Å²) in [6.45, 7) is 0. The van der Waals surface area contributed by atoms with Crippen molar-refractivity contribution in [3.63, 3.8) is 0 Å². The minimum absolute atomic E-state index is 0.674. The maximum Gasteiger partial charge on any atom is 0.189 e. The fourth-order valence-electron chi connectivity index (χ4n) is 5.02. The van der Waals surface area contributed by atoms with Crippen LogP contribution in [0.4, 0.5) is 5.69 Å². The van der Waals surface area contributed by atoms with Gasteiger partial charge in [-0.05, 0) is 36.4 Å². The van der Waals surface area contributed by atoms with Crippen molar-refractivity contribution >= 4 is 34.9 Å². The zero-order valence-electron chi connectivity index (χ0n) is 19.9. The molecule has 2 aliphatic rings. The van der Waals surface area contributed by atoms with Crippen LogP contribution in [0.3, 0.4) is 0 Å². The summed E-state index contributed by atoms with van der Waals surface area (Å²) in [6.07, 6.45) is 0. The number of amidine groups is 1. The number of hydrazone groups is 1. The Balaban J connectivity index is 1.70. The van der Waals surface area contributed by atoms with Crippen molar-refractivity contribution in [3.8, 4) is 11.5 Å². The highest BCUT2D eigenvalue weighted by atomic mass is 35.5. The maximum atomic E-state index is 6.36. The van der Waals surface area contributed by atoms with Crippen molar-refractivity contribution in [1.29, 1.82) is 0 Å². The van der Waals surface area contributed by atoms with E-state index < -0.39 is 5.66 Å². The van der Waals surface area contributed by atoms with Crippen LogP contribution in [-0.4, -0.2) is 30.8 Å². The molecular weight excluding hydrogens is 490 g/mol. The van der Waals surface area contributed by atoms with Gasteiger partial charge < -0.3 is 14.4 Å². The fourth-order valence-corrected chi connectivity index (χ4v) is 6.27. The van der Waals surface area contributed by atoms with Crippen molar-refractivity contribution in [2.45, 2.75) is 10.6 Å². The summed E-state index contributed by atoms with van der Waals surface area (Å²) in [5.74, 6) is 2.98. The molecule has 4 aromatic carbocycles. The number of methoxy groups -OCH3 is 2. The quantitative estimate of drug-likeness (QED) is 0.293. The lowest BCUT2D eigenvalue weighted by Gasteiger charge is -2.48. The molecule has 7 heteroatoms. The SMILES string of the molecule is COc1cc2c(cc1OC)C1(c3ccc(Cl)cc3)N(CS2)C(c2ccccc2)=NN1c1ccccc1. The van der Waals surface area contributed by atoms with E-state index in [2.05, 4.69) is 58.4 Å². The molecule has 6 rings (SSSR count). The zero-order chi connectivity index (χ0) is 24.7. The lowest BCUT2D eigenvalue weighted by molar-refractivity contribution is 0.257. The first-order valence-corrected chi connectivity index (χ1v) is 13.0. The minimum atomic E-state index is -0.767. The van der Waals surface area contributed by atoms with Crippen LogP contribution in [0.15, 0.2) is 107 Å². The molecule has 0 radical (unpaired) electrons. The molecule has 5 nitrogen and oxygen atoms in total. The highest BCUT2D eigenvalue weighted by molar-refractivity contribution is 7.99. The Morgan fingerprint density at radius 3 is 2.14 bits per heavy atom. The second-order valence-electron chi connectivity index (χ2n) is 8.52. The van der Waals surface area contributed by atoms with E-state index in [-0.39, 0.29) is 0 Å². The van der Waals surface area contributed by atoms with E-state index in [1.807, 2.05) is 48.5 Å².